The molecule has 1 aromatic heterocycles. The first-order chi connectivity index (χ1) is 15.1. The number of hydrogen-bond acceptors (Lipinski definition) is 4. The molecule has 0 spiro atoms. The molecule has 31 heavy (non-hydrogen) atoms. The Bertz CT molecular complexity index is 1230. The van der Waals surface area contributed by atoms with Crippen molar-refractivity contribution in [3.63, 3.8) is 0 Å². The molecule has 1 aliphatic heterocycles. The molecule has 0 bridgehead atoms. The Morgan fingerprint density at radius 1 is 0.839 bits per heavy atom. The van der Waals surface area contributed by atoms with Crippen molar-refractivity contribution in [3.8, 4) is 11.3 Å². The summed E-state index contributed by atoms with van der Waals surface area (Å²) >= 11 is 7.77. The van der Waals surface area contributed by atoms with Gasteiger partial charge in [-0.15, -0.1) is 11.3 Å². The highest BCUT2D eigenvalue weighted by molar-refractivity contribution is 7.14. The molecule has 1 atom stereocenters. The number of hydrazone groups is 1. The van der Waals surface area contributed by atoms with Crippen molar-refractivity contribution in [2.24, 2.45) is 5.10 Å². The number of rotatable bonds is 4. The molecule has 5 rings (SSSR count). The Labute approximate surface area is 191 Å². The Morgan fingerprint density at radius 3 is 2.10 bits per heavy atom. The van der Waals surface area contributed by atoms with Gasteiger partial charge in [-0.2, -0.15) is 5.10 Å². The van der Waals surface area contributed by atoms with Crippen molar-refractivity contribution in [2.45, 2.75) is 26.3 Å². The van der Waals surface area contributed by atoms with Crippen molar-refractivity contribution in [1.82, 2.24) is 4.98 Å². The van der Waals surface area contributed by atoms with Gasteiger partial charge in [-0.1, -0.05) is 83.4 Å². The van der Waals surface area contributed by atoms with Crippen LogP contribution in [0.4, 0.5) is 5.13 Å². The summed E-state index contributed by atoms with van der Waals surface area (Å²) in [4.78, 5) is 4.94. The van der Waals surface area contributed by atoms with Crippen molar-refractivity contribution in [2.75, 3.05) is 5.01 Å². The third-order valence-corrected chi connectivity index (χ3v) is 6.67. The minimum atomic E-state index is 0.0885. The Morgan fingerprint density at radius 2 is 1.45 bits per heavy atom. The van der Waals surface area contributed by atoms with E-state index < -0.39 is 0 Å². The molecule has 1 unspecified atom stereocenters. The SMILES string of the molecule is Cc1ccc(C2=NN(c3nc(-c4ccc(C)cc4)cs3)C(c3ccc(Cl)cc3)C2)cc1. The monoisotopic (exact) mass is 443 g/mol. The van der Waals surface area contributed by atoms with E-state index in [1.54, 1.807) is 11.3 Å². The summed E-state index contributed by atoms with van der Waals surface area (Å²) in [7, 11) is 0. The van der Waals surface area contributed by atoms with E-state index in [-0.39, 0.29) is 6.04 Å². The van der Waals surface area contributed by atoms with Crippen LogP contribution in [0, 0.1) is 13.8 Å². The van der Waals surface area contributed by atoms with E-state index in [4.69, 9.17) is 21.7 Å². The van der Waals surface area contributed by atoms with Crippen LogP contribution in [-0.4, -0.2) is 10.7 Å². The lowest BCUT2D eigenvalue weighted by atomic mass is 9.98. The molecule has 3 nitrogen and oxygen atoms in total. The largest absolute Gasteiger partial charge is 0.231 e. The first-order valence-electron chi connectivity index (χ1n) is 10.3. The van der Waals surface area contributed by atoms with Crippen molar-refractivity contribution in [1.29, 1.82) is 0 Å². The average Bonchev–Trinajstić information content (AvgIpc) is 3.43. The average molecular weight is 444 g/mol. The van der Waals surface area contributed by atoms with Crippen molar-refractivity contribution < 1.29 is 0 Å². The number of thiazole rings is 1. The lowest BCUT2D eigenvalue weighted by Gasteiger charge is -2.21. The predicted molar refractivity (Wildman–Crippen MR) is 131 cm³/mol. The van der Waals surface area contributed by atoms with Crippen LogP contribution in [0.5, 0.6) is 0 Å². The highest BCUT2D eigenvalue weighted by atomic mass is 35.5. The molecule has 0 fully saturated rings. The van der Waals surface area contributed by atoms with E-state index >= 15 is 0 Å². The van der Waals surface area contributed by atoms with Crippen LogP contribution < -0.4 is 5.01 Å². The van der Waals surface area contributed by atoms with Crippen LogP contribution in [0.15, 0.2) is 83.3 Å². The maximum Gasteiger partial charge on any atom is 0.207 e. The van der Waals surface area contributed by atoms with Crippen LogP contribution in [0.2, 0.25) is 5.02 Å². The maximum atomic E-state index is 6.14. The van der Waals surface area contributed by atoms with Gasteiger partial charge in [0.05, 0.1) is 17.4 Å². The molecule has 3 aromatic carbocycles. The topological polar surface area (TPSA) is 28.5 Å². The second-order valence-corrected chi connectivity index (χ2v) is 9.18. The van der Waals surface area contributed by atoms with Crippen LogP contribution in [0.25, 0.3) is 11.3 Å². The minimum Gasteiger partial charge on any atom is -0.231 e. The second kappa shape index (κ2) is 8.29. The van der Waals surface area contributed by atoms with Gasteiger partial charge in [-0.3, -0.25) is 0 Å². The summed E-state index contributed by atoms with van der Waals surface area (Å²) < 4.78 is 0. The fourth-order valence-corrected chi connectivity index (χ4v) is 4.74. The van der Waals surface area contributed by atoms with Crippen LogP contribution >= 0.6 is 22.9 Å². The molecule has 0 aliphatic carbocycles. The van der Waals surface area contributed by atoms with Crippen LogP contribution in [-0.2, 0) is 0 Å². The summed E-state index contributed by atoms with van der Waals surface area (Å²) in [6.45, 7) is 4.20. The lowest BCUT2D eigenvalue weighted by Crippen LogP contribution is -2.18. The van der Waals surface area contributed by atoms with Gasteiger partial charge in [0, 0.05) is 22.4 Å². The van der Waals surface area contributed by atoms with E-state index in [9.17, 15) is 0 Å². The predicted octanol–water partition coefficient (Wildman–Crippen LogP) is 7.44. The molecule has 2 heterocycles. The molecule has 4 aromatic rings. The van der Waals surface area contributed by atoms with Crippen molar-refractivity contribution in [3.05, 3.63) is 105 Å². The number of aromatic nitrogens is 1. The fourth-order valence-electron chi connectivity index (χ4n) is 3.78. The van der Waals surface area contributed by atoms with Gasteiger partial charge in [-0.05, 0) is 37.1 Å². The third-order valence-electron chi connectivity index (χ3n) is 5.59. The standard InChI is InChI=1S/C26H22ClN3S/c1-17-3-7-19(8-4-17)23-15-25(21-11-13-22(27)14-12-21)30(29-23)26-28-24(16-31-26)20-9-5-18(2)6-10-20/h3-14,16,25H,15H2,1-2H3. The molecular formula is C26H22ClN3S. The number of aryl methyl sites for hydroxylation is 2. The molecule has 0 amide bonds. The number of benzene rings is 3. The zero-order valence-corrected chi connectivity index (χ0v) is 19.0. The Kier molecular flexibility index (Phi) is 5.34. The molecule has 0 radical (unpaired) electrons. The first-order valence-corrected chi connectivity index (χ1v) is 11.5. The number of hydrogen-bond donors (Lipinski definition) is 0. The normalized spacial score (nSPS) is 15.9. The van der Waals surface area contributed by atoms with Gasteiger partial charge in [0.15, 0.2) is 0 Å². The summed E-state index contributed by atoms with van der Waals surface area (Å²) in [6.07, 6.45) is 0.824. The van der Waals surface area contributed by atoms with Gasteiger partial charge in [0.25, 0.3) is 0 Å². The third kappa shape index (κ3) is 4.14. The van der Waals surface area contributed by atoms with E-state index in [1.165, 1.54) is 16.7 Å². The fraction of sp³-hybridized carbons (Fsp3) is 0.154. The van der Waals surface area contributed by atoms with E-state index in [0.29, 0.717) is 0 Å². The summed E-state index contributed by atoms with van der Waals surface area (Å²) in [6, 6.07) is 25.2. The quantitative estimate of drug-likeness (QED) is 0.328. The number of nitrogens with zero attached hydrogens (tertiary/aromatic N) is 3. The lowest BCUT2D eigenvalue weighted by molar-refractivity contribution is 0.706. The highest BCUT2D eigenvalue weighted by Crippen LogP contribution is 2.39. The van der Waals surface area contributed by atoms with Gasteiger partial charge < -0.3 is 0 Å². The zero-order chi connectivity index (χ0) is 21.4. The van der Waals surface area contributed by atoms with Crippen molar-refractivity contribution >= 4 is 33.8 Å². The zero-order valence-electron chi connectivity index (χ0n) is 17.4. The Hall–Kier alpha value is -2.95. The summed E-state index contributed by atoms with van der Waals surface area (Å²) in [5.41, 5.74) is 8.01. The molecular weight excluding hydrogens is 422 g/mol. The molecule has 5 heteroatoms. The molecule has 0 N–H and O–H groups in total. The molecule has 154 valence electrons. The summed E-state index contributed by atoms with van der Waals surface area (Å²) in [5.74, 6) is 0. The maximum absolute atomic E-state index is 6.14. The van der Waals surface area contributed by atoms with E-state index in [0.717, 1.165) is 39.1 Å². The molecule has 0 saturated carbocycles. The van der Waals surface area contributed by atoms with Gasteiger partial charge >= 0.3 is 0 Å². The van der Waals surface area contributed by atoms with E-state index in [2.05, 4.69) is 84.9 Å². The number of anilines is 1. The van der Waals surface area contributed by atoms with Gasteiger partial charge in [0.2, 0.25) is 5.13 Å². The van der Waals surface area contributed by atoms with Gasteiger partial charge in [0.1, 0.15) is 0 Å². The molecule has 1 aliphatic rings. The van der Waals surface area contributed by atoms with Crippen LogP contribution in [0.3, 0.4) is 0 Å². The number of halogens is 1. The van der Waals surface area contributed by atoms with E-state index in [1.807, 2.05) is 12.1 Å². The smallest absolute Gasteiger partial charge is 0.207 e. The highest BCUT2D eigenvalue weighted by Gasteiger charge is 2.31. The van der Waals surface area contributed by atoms with Gasteiger partial charge in [-0.25, -0.2) is 9.99 Å². The summed E-state index contributed by atoms with van der Waals surface area (Å²) in [5, 5.41) is 10.8. The first kappa shape index (κ1) is 20.0. The minimum absolute atomic E-state index is 0.0885. The van der Waals surface area contributed by atoms with Crippen LogP contribution in [0.1, 0.15) is 34.7 Å². The molecule has 0 saturated heterocycles. The second-order valence-electron chi connectivity index (χ2n) is 7.91. The Balaban J connectivity index is 1.52.